The molecule has 0 fully saturated rings. The SMILES string of the molecule is CCCn1c(CN(CCC(C)C)C(=O)c2ccc(C)c(I)c2)nc2cccnc21. The number of pyridine rings is 1. The first-order chi connectivity index (χ1) is 13.9. The normalized spacial score (nSPS) is 11.4. The van der Waals surface area contributed by atoms with E-state index in [0.717, 1.165) is 45.5 Å². The Balaban J connectivity index is 1.95. The van der Waals surface area contributed by atoms with E-state index in [1.54, 1.807) is 6.20 Å². The Hall–Kier alpha value is -1.96. The average Bonchev–Trinajstić information content (AvgIpc) is 3.04. The third-order valence-corrected chi connectivity index (χ3v) is 6.21. The van der Waals surface area contributed by atoms with Crippen molar-refractivity contribution in [3.63, 3.8) is 0 Å². The number of fused-ring (bicyclic) bond motifs is 1. The highest BCUT2D eigenvalue weighted by Gasteiger charge is 2.21. The van der Waals surface area contributed by atoms with Crippen molar-refractivity contribution >= 4 is 39.7 Å². The lowest BCUT2D eigenvalue weighted by atomic mass is 10.1. The van der Waals surface area contributed by atoms with Crippen LogP contribution in [0.15, 0.2) is 36.5 Å². The van der Waals surface area contributed by atoms with Gasteiger partial charge < -0.3 is 9.47 Å². The summed E-state index contributed by atoms with van der Waals surface area (Å²) in [6.45, 7) is 10.6. The van der Waals surface area contributed by atoms with Crippen molar-refractivity contribution in [3.8, 4) is 0 Å². The Kier molecular flexibility index (Phi) is 7.27. The number of imidazole rings is 1. The minimum Gasteiger partial charge on any atom is -0.331 e. The second-order valence-electron chi connectivity index (χ2n) is 7.90. The van der Waals surface area contributed by atoms with Gasteiger partial charge in [-0.15, -0.1) is 0 Å². The van der Waals surface area contributed by atoms with Crippen molar-refractivity contribution in [2.45, 2.75) is 53.6 Å². The van der Waals surface area contributed by atoms with Crippen molar-refractivity contribution < 1.29 is 4.79 Å². The minimum absolute atomic E-state index is 0.0617. The molecular weight excluding hydrogens is 475 g/mol. The molecule has 2 aromatic heterocycles. The summed E-state index contributed by atoms with van der Waals surface area (Å²) in [4.78, 5) is 24.7. The van der Waals surface area contributed by atoms with Crippen LogP contribution in [0.3, 0.4) is 0 Å². The molecule has 154 valence electrons. The smallest absolute Gasteiger partial charge is 0.254 e. The standard InChI is InChI=1S/C23H29IN4O/c1-5-12-28-21(26-20-7-6-11-25-22(20)28)15-27(13-10-16(2)3)23(29)18-9-8-17(4)19(24)14-18/h6-9,11,14,16H,5,10,12-13,15H2,1-4H3. The Morgan fingerprint density at radius 2 is 2.07 bits per heavy atom. The number of aryl methyl sites for hydroxylation is 2. The van der Waals surface area contributed by atoms with Crippen LogP contribution in [-0.2, 0) is 13.1 Å². The number of hydrogen-bond donors (Lipinski definition) is 0. The second kappa shape index (κ2) is 9.69. The van der Waals surface area contributed by atoms with Gasteiger partial charge in [-0.3, -0.25) is 4.79 Å². The number of benzene rings is 1. The number of amides is 1. The molecule has 0 N–H and O–H groups in total. The Morgan fingerprint density at radius 1 is 1.28 bits per heavy atom. The van der Waals surface area contributed by atoms with E-state index < -0.39 is 0 Å². The van der Waals surface area contributed by atoms with Crippen LogP contribution in [0.2, 0.25) is 0 Å². The van der Waals surface area contributed by atoms with Gasteiger partial charge in [-0.25, -0.2) is 9.97 Å². The Labute approximate surface area is 186 Å². The Morgan fingerprint density at radius 3 is 2.76 bits per heavy atom. The predicted octanol–water partition coefficient (Wildman–Crippen LogP) is 5.44. The lowest BCUT2D eigenvalue weighted by Crippen LogP contribution is -2.33. The fourth-order valence-electron chi connectivity index (χ4n) is 3.33. The molecule has 0 aliphatic heterocycles. The molecule has 0 saturated carbocycles. The highest BCUT2D eigenvalue weighted by molar-refractivity contribution is 14.1. The van der Waals surface area contributed by atoms with Gasteiger partial charge in [-0.1, -0.05) is 26.8 Å². The van der Waals surface area contributed by atoms with Gasteiger partial charge in [0.25, 0.3) is 5.91 Å². The maximum atomic E-state index is 13.4. The fraction of sp³-hybridized carbons (Fsp3) is 0.435. The number of hydrogen-bond acceptors (Lipinski definition) is 3. The summed E-state index contributed by atoms with van der Waals surface area (Å²) in [6, 6.07) is 9.83. The van der Waals surface area contributed by atoms with Crippen LogP contribution in [0.1, 0.15) is 55.4 Å². The van der Waals surface area contributed by atoms with Gasteiger partial charge in [-0.2, -0.15) is 0 Å². The molecule has 0 aliphatic rings. The molecule has 5 nitrogen and oxygen atoms in total. The second-order valence-corrected chi connectivity index (χ2v) is 9.06. The number of aromatic nitrogens is 3. The minimum atomic E-state index is 0.0617. The summed E-state index contributed by atoms with van der Waals surface area (Å²) in [5, 5.41) is 0. The van der Waals surface area contributed by atoms with Crippen molar-refractivity contribution in [2.24, 2.45) is 5.92 Å². The van der Waals surface area contributed by atoms with E-state index in [9.17, 15) is 4.79 Å². The molecule has 1 amide bonds. The summed E-state index contributed by atoms with van der Waals surface area (Å²) in [5.74, 6) is 1.49. The predicted molar refractivity (Wildman–Crippen MR) is 126 cm³/mol. The largest absolute Gasteiger partial charge is 0.331 e. The molecule has 3 rings (SSSR count). The van der Waals surface area contributed by atoms with Gasteiger partial charge in [0.2, 0.25) is 0 Å². The summed E-state index contributed by atoms with van der Waals surface area (Å²) in [7, 11) is 0. The first-order valence-corrected chi connectivity index (χ1v) is 11.3. The van der Waals surface area contributed by atoms with Crippen LogP contribution >= 0.6 is 22.6 Å². The highest BCUT2D eigenvalue weighted by Crippen LogP contribution is 2.20. The molecule has 2 heterocycles. The number of carbonyl (C=O) groups excluding carboxylic acids is 1. The third-order valence-electron chi connectivity index (χ3n) is 5.04. The molecule has 0 bridgehead atoms. The van der Waals surface area contributed by atoms with Gasteiger partial charge >= 0.3 is 0 Å². The van der Waals surface area contributed by atoms with Crippen LogP contribution in [0.4, 0.5) is 0 Å². The maximum absolute atomic E-state index is 13.4. The molecule has 0 spiro atoms. The first kappa shape index (κ1) is 21.7. The summed E-state index contributed by atoms with van der Waals surface area (Å²) in [5.41, 5.74) is 3.70. The molecule has 0 atom stereocenters. The molecule has 29 heavy (non-hydrogen) atoms. The van der Waals surface area contributed by atoms with E-state index in [4.69, 9.17) is 4.98 Å². The molecule has 6 heteroatoms. The lowest BCUT2D eigenvalue weighted by molar-refractivity contribution is 0.0729. The topological polar surface area (TPSA) is 51.0 Å². The fourth-order valence-corrected chi connectivity index (χ4v) is 3.85. The molecular formula is C23H29IN4O. The van der Waals surface area contributed by atoms with Crippen LogP contribution in [0.5, 0.6) is 0 Å². The van der Waals surface area contributed by atoms with Gasteiger partial charge in [0.1, 0.15) is 11.3 Å². The van der Waals surface area contributed by atoms with Crippen LogP contribution in [0, 0.1) is 16.4 Å². The van der Waals surface area contributed by atoms with Gasteiger partial charge in [0.15, 0.2) is 5.65 Å². The van der Waals surface area contributed by atoms with Crippen LogP contribution in [0.25, 0.3) is 11.2 Å². The van der Waals surface area contributed by atoms with E-state index in [2.05, 4.69) is 59.8 Å². The number of rotatable bonds is 8. The number of halogens is 1. The zero-order valence-electron chi connectivity index (χ0n) is 17.7. The zero-order chi connectivity index (χ0) is 21.0. The van der Waals surface area contributed by atoms with Crippen LogP contribution < -0.4 is 0 Å². The first-order valence-electron chi connectivity index (χ1n) is 10.3. The molecule has 3 aromatic rings. The van der Waals surface area contributed by atoms with Crippen molar-refractivity contribution in [1.29, 1.82) is 0 Å². The van der Waals surface area contributed by atoms with E-state index in [1.807, 2.05) is 35.2 Å². The van der Waals surface area contributed by atoms with Gasteiger partial charge in [-0.05, 0) is 78.1 Å². The van der Waals surface area contributed by atoms with Gasteiger partial charge in [0.05, 0.1) is 6.54 Å². The van der Waals surface area contributed by atoms with Crippen molar-refractivity contribution in [1.82, 2.24) is 19.4 Å². The molecule has 0 aliphatic carbocycles. The Bertz CT molecular complexity index is 996. The monoisotopic (exact) mass is 504 g/mol. The zero-order valence-corrected chi connectivity index (χ0v) is 19.8. The van der Waals surface area contributed by atoms with Gasteiger partial charge in [0, 0.05) is 28.4 Å². The average molecular weight is 504 g/mol. The quantitative estimate of drug-likeness (QED) is 0.384. The highest BCUT2D eigenvalue weighted by atomic mass is 127. The molecule has 0 saturated heterocycles. The van der Waals surface area contributed by atoms with Crippen molar-refractivity contribution in [3.05, 3.63) is 57.1 Å². The molecule has 0 radical (unpaired) electrons. The summed E-state index contributed by atoms with van der Waals surface area (Å²) in [6.07, 6.45) is 3.75. The molecule has 1 aromatic carbocycles. The van der Waals surface area contributed by atoms with E-state index in [-0.39, 0.29) is 5.91 Å². The number of carbonyl (C=O) groups is 1. The third kappa shape index (κ3) is 5.15. The van der Waals surface area contributed by atoms with E-state index >= 15 is 0 Å². The molecule has 0 unspecified atom stereocenters. The van der Waals surface area contributed by atoms with E-state index in [0.29, 0.717) is 19.0 Å². The van der Waals surface area contributed by atoms with Crippen LogP contribution in [-0.4, -0.2) is 31.9 Å². The summed E-state index contributed by atoms with van der Waals surface area (Å²) >= 11 is 2.29. The van der Waals surface area contributed by atoms with Crippen molar-refractivity contribution in [2.75, 3.05) is 6.54 Å². The maximum Gasteiger partial charge on any atom is 0.254 e. The summed E-state index contributed by atoms with van der Waals surface area (Å²) < 4.78 is 3.27. The lowest BCUT2D eigenvalue weighted by Gasteiger charge is -2.24. The number of nitrogens with zero attached hydrogens (tertiary/aromatic N) is 4. The van der Waals surface area contributed by atoms with E-state index in [1.165, 1.54) is 5.56 Å².